The third-order valence-corrected chi connectivity index (χ3v) is 53.0. The van der Waals surface area contributed by atoms with Crippen molar-refractivity contribution >= 4 is 45.3 Å². The van der Waals surface area contributed by atoms with E-state index in [1.807, 2.05) is 12.1 Å². The van der Waals surface area contributed by atoms with E-state index in [-0.39, 0.29) is 10.7 Å². The topological polar surface area (TPSA) is 3.24 Å². The lowest BCUT2D eigenvalue weighted by Crippen LogP contribution is -2.94. The Morgan fingerprint density at radius 3 is 1.56 bits per heavy atom. The lowest BCUT2D eigenvalue weighted by atomic mass is 9.97. The Kier molecular flexibility index (Phi) is 7.21. The molecular formula is C30H50F3NSi5. The van der Waals surface area contributed by atoms with Gasteiger partial charge >= 0.3 is 6.18 Å². The highest BCUT2D eigenvalue weighted by Crippen LogP contribution is 2.86. The van der Waals surface area contributed by atoms with Crippen molar-refractivity contribution in [1.29, 1.82) is 0 Å². The maximum absolute atomic E-state index is 13.6. The Balaban J connectivity index is 2.18. The van der Waals surface area contributed by atoms with Crippen molar-refractivity contribution in [3.05, 3.63) is 65.7 Å². The number of fused-ring (bicyclic) bond motifs is 1. The first kappa shape index (κ1) is 31.1. The normalized spacial score (nSPS) is 27.8. The van der Waals surface area contributed by atoms with Crippen LogP contribution in [0.5, 0.6) is 0 Å². The lowest BCUT2D eigenvalue weighted by Gasteiger charge is -2.82. The molecular weight excluding hydrogens is 572 g/mol. The van der Waals surface area contributed by atoms with Crippen molar-refractivity contribution < 1.29 is 13.2 Å². The van der Waals surface area contributed by atoms with Crippen LogP contribution in [0.15, 0.2) is 54.6 Å². The molecule has 39 heavy (non-hydrogen) atoms. The van der Waals surface area contributed by atoms with E-state index in [9.17, 15) is 13.2 Å². The van der Waals surface area contributed by atoms with Crippen molar-refractivity contribution in [2.24, 2.45) is 0 Å². The molecule has 4 rings (SSSR count). The van der Waals surface area contributed by atoms with Gasteiger partial charge in [-0.15, -0.1) is 0 Å². The Morgan fingerprint density at radius 2 is 1.18 bits per heavy atom. The van der Waals surface area contributed by atoms with Crippen LogP contribution in [-0.2, 0) is 6.18 Å². The van der Waals surface area contributed by atoms with E-state index in [2.05, 4.69) is 113 Å². The number of alkyl halides is 3. The Morgan fingerprint density at radius 1 is 0.692 bits per heavy atom. The molecule has 216 valence electrons. The molecule has 0 aromatic heterocycles. The van der Waals surface area contributed by atoms with Crippen LogP contribution in [0.2, 0.25) is 87.5 Å². The highest BCUT2D eigenvalue weighted by molar-refractivity contribution is 7.54. The minimum absolute atomic E-state index is 0.154. The summed E-state index contributed by atoms with van der Waals surface area (Å²) in [5.74, 6) is 0. The predicted octanol–water partition coefficient (Wildman–Crippen LogP) is 10.5. The summed E-state index contributed by atoms with van der Waals surface area (Å²) in [6, 6.07) is 17.5. The second-order valence-corrected chi connectivity index (χ2v) is 49.2. The quantitative estimate of drug-likeness (QED) is 0.290. The maximum atomic E-state index is 13.6. The van der Waals surface area contributed by atoms with Crippen LogP contribution in [0.1, 0.15) is 30.0 Å². The molecule has 2 aliphatic rings. The van der Waals surface area contributed by atoms with E-state index >= 15 is 0 Å². The van der Waals surface area contributed by atoms with Crippen molar-refractivity contribution in [2.45, 2.75) is 113 Å². The highest BCUT2D eigenvalue weighted by Gasteiger charge is 2.91. The molecule has 3 atom stereocenters. The molecule has 2 aliphatic heterocycles. The number of halogens is 3. The second-order valence-electron chi connectivity index (χ2n) is 16.3. The average Bonchev–Trinajstić information content (AvgIpc) is 3.04. The number of benzene rings is 2. The van der Waals surface area contributed by atoms with Gasteiger partial charge in [-0.1, -0.05) is 115 Å². The van der Waals surface area contributed by atoms with Gasteiger partial charge in [0.2, 0.25) is 0 Å². The predicted molar refractivity (Wildman–Crippen MR) is 177 cm³/mol. The molecule has 0 radical (unpaired) electrons. The summed E-state index contributed by atoms with van der Waals surface area (Å²) in [7, 11) is -9.40. The molecule has 2 aromatic rings. The van der Waals surface area contributed by atoms with Gasteiger partial charge in [0.15, 0.2) is 7.75 Å². The number of anilines is 1. The summed E-state index contributed by atoms with van der Waals surface area (Å²) < 4.78 is 44.5. The van der Waals surface area contributed by atoms with Crippen molar-refractivity contribution in [1.82, 2.24) is 0 Å². The summed E-state index contributed by atoms with van der Waals surface area (Å²) in [6.07, 6.45) is -1.74. The maximum Gasteiger partial charge on any atom is 0.416 e. The smallest absolute Gasteiger partial charge is 0.393 e. The highest BCUT2D eigenvalue weighted by atomic mass is 29.3. The SMILES string of the molecule is C[Si](C)(C)C1([Si](C)(C)C)CC[C@@]2([Si](C)(C)C)[C@@H](c3ccc(C(F)(F)F)cc3)N(c3ccccc3)[Si@@]12[Si](C)(C)C. The van der Waals surface area contributed by atoms with Gasteiger partial charge in [0.25, 0.3) is 0 Å². The third kappa shape index (κ3) is 3.92. The Bertz CT molecular complexity index is 1190. The minimum atomic E-state index is -4.32. The summed E-state index contributed by atoms with van der Waals surface area (Å²) >= 11 is 0. The van der Waals surface area contributed by atoms with E-state index in [0.29, 0.717) is 4.28 Å². The average molecular weight is 622 g/mol. The fourth-order valence-corrected chi connectivity index (χ4v) is 80.0. The summed E-state index contributed by atoms with van der Waals surface area (Å²) in [4.78, 5) is 0. The van der Waals surface area contributed by atoms with E-state index in [0.717, 1.165) is 5.56 Å². The van der Waals surface area contributed by atoms with Crippen molar-refractivity contribution in [2.75, 3.05) is 4.57 Å². The van der Waals surface area contributed by atoms with Crippen LogP contribution in [0.4, 0.5) is 18.9 Å². The number of rotatable bonds is 6. The van der Waals surface area contributed by atoms with Crippen LogP contribution in [0, 0.1) is 0 Å². The van der Waals surface area contributed by atoms with Crippen molar-refractivity contribution in [3.63, 3.8) is 0 Å². The Labute approximate surface area is 240 Å². The van der Waals surface area contributed by atoms with Crippen LogP contribution in [0.25, 0.3) is 0 Å². The monoisotopic (exact) mass is 621 g/mol. The number of para-hydroxylation sites is 1. The zero-order chi connectivity index (χ0) is 29.7. The molecule has 0 aliphatic carbocycles. The molecule has 0 saturated carbocycles. The van der Waals surface area contributed by atoms with Crippen molar-refractivity contribution in [3.8, 4) is 0 Å². The molecule has 1 nitrogen and oxygen atoms in total. The molecule has 0 spiro atoms. The van der Waals surface area contributed by atoms with E-state index in [4.69, 9.17) is 0 Å². The molecule has 0 amide bonds. The fourth-order valence-electron chi connectivity index (χ4n) is 10.4. The van der Waals surface area contributed by atoms with Crippen LogP contribution >= 0.6 is 0 Å². The zero-order valence-electron chi connectivity index (χ0n) is 26.3. The molecule has 0 unspecified atom stereocenters. The minimum Gasteiger partial charge on any atom is -0.393 e. The largest absolute Gasteiger partial charge is 0.416 e. The van der Waals surface area contributed by atoms with E-state index in [1.165, 1.54) is 30.7 Å². The van der Waals surface area contributed by atoms with Crippen LogP contribution in [-0.4, -0.2) is 39.6 Å². The van der Waals surface area contributed by atoms with Gasteiger partial charge in [-0.3, -0.25) is 0 Å². The first-order chi connectivity index (χ1) is 17.5. The summed E-state index contributed by atoms with van der Waals surface area (Å²) in [5, 5.41) is 0. The third-order valence-electron chi connectivity index (χ3n) is 10.8. The molecule has 2 aromatic carbocycles. The lowest BCUT2D eigenvalue weighted by molar-refractivity contribution is -0.137. The Hall–Kier alpha value is -0.886. The number of hydrogen-bond acceptors (Lipinski definition) is 1. The fraction of sp³-hybridized carbons (Fsp3) is 0.600. The van der Waals surface area contributed by atoms with Crippen LogP contribution < -0.4 is 4.57 Å². The van der Waals surface area contributed by atoms with Gasteiger partial charge in [0.1, 0.15) is 0 Å². The standard InChI is InChI=1S/C30H50F3NSi5/c1-35(2,3)28-22-23-29(36(4,5)6,37(7,8)9)39(28,38(10,11)12)34(26-16-14-13-15-17-26)27(28)24-18-20-25(21-19-24)30(31,32)33/h13-21,27H,22-23H2,1-12H3/t27-,28+,39+/m1/s1. The van der Waals surface area contributed by atoms with Gasteiger partial charge in [-0.05, 0) is 40.5 Å². The first-order valence-corrected chi connectivity index (χ1v) is 31.5. The number of hydrogen-bond donors (Lipinski definition) is 0. The van der Waals surface area contributed by atoms with Gasteiger partial charge in [-0.2, -0.15) is 13.2 Å². The van der Waals surface area contributed by atoms with Gasteiger partial charge in [-0.25, -0.2) is 0 Å². The molecule has 0 bridgehead atoms. The van der Waals surface area contributed by atoms with Crippen LogP contribution in [0.3, 0.4) is 0 Å². The summed E-state index contributed by atoms with van der Waals surface area (Å²) in [5.41, 5.74) is 1.86. The van der Waals surface area contributed by atoms with E-state index in [1.54, 1.807) is 0 Å². The number of nitrogens with zero attached hydrogens (tertiary/aromatic N) is 1. The second kappa shape index (κ2) is 9.06. The van der Waals surface area contributed by atoms with Gasteiger partial charge in [0.05, 0.1) is 21.2 Å². The van der Waals surface area contributed by atoms with E-state index < -0.39 is 51.3 Å². The molecule has 2 fully saturated rings. The molecule has 2 heterocycles. The first-order valence-electron chi connectivity index (χ1n) is 14.5. The van der Waals surface area contributed by atoms with Gasteiger partial charge < -0.3 is 4.57 Å². The zero-order valence-corrected chi connectivity index (χ0v) is 31.3. The molecule has 0 N–H and O–H groups in total. The molecule has 2 saturated heterocycles. The van der Waals surface area contributed by atoms with Gasteiger partial charge in [0, 0.05) is 32.5 Å². The molecule has 9 heteroatoms. The summed E-state index contributed by atoms with van der Waals surface area (Å²) in [6.45, 7) is 31.8.